The Balaban J connectivity index is 1.27. The third-order valence-electron chi connectivity index (χ3n) is 7.20. The van der Waals surface area contributed by atoms with E-state index in [4.69, 9.17) is 4.74 Å². The van der Waals surface area contributed by atoms with Gasteiger partial charge in [-0.1, -0.05) is 0 Å². The molecule has 2 atom stereocenters. The van der Waals surface area contributed by atoms with E-state index in [1.165, 1.54) is 29.5 Å². The number of benzene rings is 2. The average Bonchev–Trinajstić information content (AvgIpc) is 2.86. The first-order chi connectivity index (χ1) is 17.9. The van der Waals surface area contributed by atoms with Crippen LogP contribution in [0.2, 0.25) is 0 Å². The topological polar surface area (TPSA) is 62.7 Å². The van der Waals surface area contributed by atoms with Crippen LogP contribution in [0.5, 0.6) is 5.75 Å². The minimum Gasteiger partial charge on any atom is -0.497 e. The first kappa shape index (κ1) is 27.3. The molecule has 2 heterocycles. The van der Waals surface area contributed by atoms with Crippen LogP contribution in [0.15, 0.2) is 53.6 Å². The zero-order chi connectivity index (χ0) is 26.2. The molecule has 1 fully saturated rings. The highest BCUT2D eigenvalue weighted by atomic mass is 32.2. The Morgan fingerprint density at radius 3 is 2.70 bits per heavy atom. The highest BCUT2D eigenvalue weighted by Gasteiger charge is 2.30. The molecule has 0 spiro atoms. The molecule has 1 saturated heterocycles. The van der Waals surface area contributed by atoms with E-state index in [-0.39, 0.29) is 12.3 Å². The molecular weight excluding hydrogens is 494 g/mol. The number of piperidine rings is 1. The van der Waals surface area contributed by atoms with E-state index in [0.29, 0.717) is 10.8 Å². The van der Waals surface area contributed by atoms with Crippen molar-refractivity contribution in [2.45, 2.75) is 43.4 Å². The maximum absolute atomic E-state index is 13.4. The van der Waals surface area contributed by atoms with Gasteiger partial charge in [0.05, 0.1) is 12.6 Å². The summed E-state index contributed by atoms with van der Waals surface area (Å²) in [6, 6.07) is 11.6. The van der Waals surface area contributed by atoms with Crippen molar-refractivity contribution in [3.05, 3.63) is 65.9 Å². The summed E-state index contributed by atoms with van der Waals surface area (Å²) in [7, 11) is 1.66. The molecule has 5 nitrogen and oxygen atoms in total. The predicted molar refractivity (Wildman–Crippen MR) is 143 cm³/mol. The highest BCUT2D eigenvalue weighted by molar-refractivity contribution is 7.99. The fraction of sp³-hybridized carbons (Fsp3) is 0.448. The number of hydrogen-bond acceptors (Lipinski definition) is 5. The van der Waals surface area contributed by atoms with Gasteiger partial charge in [0.2, 0.25) is 0 Å². The van der Waals surface area contributed by atoms with Gasteiger partial charge in [-0.05, 0) is 105 Å². The number of methoxy groups -OCH3 is 1. The molecule has 1 aliphatic rings. The molecule has 1 aliphatic heterocycles. The number of likely N-dealkylation sites (tertiary alicyclic amines) is 1. The molecule has 0 aliphatic carbocycles. The second kappa shape index (κ2) is 13.2. The van der Waals surface area contributed by atoms with E-state index in [1.807, 2.05) is 24.4 Å². The number of pyridine rings is 1. The van der Waals surface area contributed by atoms with E-state index in [2.05, 4.69) is 16.0 Å². The molecule has 0 amide bonds. The molecule has 2 aromatic carbocycles. The molecule has 3 aromatic rings. The minimum absolute atomic E-state index is 0.130. The van der Waals surface area contributed by atoms with Gasteiger partial charge in [0, 0.05) is 35.5 Å². The van der Waals surface area contributed by atoms with Gasteiger partial charge >= 0.3 is 5.97 Å². The lowest BCUT2D eigenvalue weighted by molar-refractivity contribution is -0.139. The van der Waals surface area contributed by atoms with Crippen molar-refractivity contribution in [2.24, 2.45) is 11.8 Å². The van der Waals surface area contributed by atoms with Gasteiger partial charge in [-0.3, -0.25) is 9.78 Å². The zero-order valence-corrected chi connectivity index (χ0v) is 22.0. The number of aliphatic carboxylic acids is 1. The summed E-state index contributed by atoms with van der Waals surface area (Å²) in [5.74, 6) is 0.239. The Labute approximate surface area is 221 Å². The summed E-state index contributed by atoms with van der Waals surface area (Å²) in [5, 5.41) is 10.6. The first-order valence-electron chi connectivity index (χ1n) is 12.9. The number of fused-ring (bicyclic) bond motifs is 1. The van der Waals surface area contributed by atoms with Crippen molar-refractivity contribution in [3.63, 3.8) is 0 Å². The Morgan fingerprint density at radius 1 is 1.14 bits per heavy atom. The zero-order valence-electron chi connectivity index (χ0n) is 21.2. The largest absolute Gasteiger partial charge is 0.497 e. The Morgan fingerprint density at radius 2 is 1.95 bits per heavy atom. The third-order valence-corrected chi connectivity index (χ3v) is 8.26. The second-order valence-corrected chi connectivity index (χ2v) is 10.9. The van der Waals surface area contributed by atoms with Crippen LogP contribution in [-0.2, 0) is 11.2 Å². The molecule has 0 bridgehead atoms. The van der Waals surface area contributed by atoms with Crippen molar-refractivity contribution >= 4 is 28.6 Å². The SMILES string of the molecule is COc1ccc2nccc(CCC[C@@H]3CCN(CCCSc4cc(F)cc(F)c4)C[C@@H]3CC(=O)O)c2c1. The van der Waals surface area contributed by atoms with E-state index in [9.17, 15) is 18.7 Å². The van der Waals surface area contributed by atoms with Crippen LogP contribution >= 0.6 is 11.8 Å². The maximum Gasteiger partial charge on any atom is 0.303 e. The molecule has 8 heteroatoms. The fourth-order valence-electron chi connectivity index (χ4n) is 5.37. The van der Waals surface area contributed by atoms with Crippen LogP contribution in [-0.4, -0.2) is 53.5 Å². The average molecular weight is 529 g/mol. The predicted octanol–water partition coefficient (Wildman–Crippen LogP) is 6.44. The molecule has 4 rings (SSSR count). The van der Waals surface area contributed by atoms with E-state index >= 15 is 0 Å². The van der Waals surface area contributed by atoms with Crippen molar-refractivity contribution in [1.29, 1.82) is 0 Å². The molecule has 37 heavy (non-hydrogen) atoms. The van der Waals surface area contributed by atoms with Crippen LogP contribution in [0.1, 0.15) is 37.7 Å². The lowest BCUT2D eigenvalue weighted by Gasteiger charge is -2.38. The van der Waals surface area contributed by atoms with Gasteiger partial charge in [-0.2, -0.15) is 0 Å². The Kier molecular flexibility index (Phi) is 9.75. The van der Waals surface area contributed by atoms with Crippen LogP contribution < -0.4 is 4.74 Å². The Bertz CT molecular complexity index is 1190. The molecule has 0 saturated carbocycles. The minimum atomic E-state index is -0.743. The molecular formula is C29H34F2N2O3S. The second-order valence-electron chi connectivity index (χ2n) is 9.76. The number of aryl methyl sites for hydroxylation is 1. The number of carbonyl (C=O) groups is 1. The van der Waals surface area contributed by atoms with Crippen LogP contribution in [0, 0.1) is 23.5 Å². The fourth-order valence-corrected chi connectivity index (χ4v) is 6.27. The quantitative estimate of drug-likeness (QED) is 0.216. The number of ether oxygens (including phenoxy) is 1. The van der Waals surface area contributed by atoms with Gasteiger partial charge < -0.3 is 14.7 Å². The summed E-state index contributed by atoms with van der Waals surface area (Å²) in [5.41, 5.74) is 2.20. The van der Waals surface area contributed by atoms with Crippen LogP contribution in [0.4, 0.5) is 8.78 Å². The van der Waals surface area contributed by atoms with Gasteiger partial charge in [-0.15, -0.1) is 11.8 Å². The van der Waals surface area contributed by atoms with Gasteiger partial charge in [0.25, 0.3) is 0 Å². The normalized spacial score (nSPS) is 18.2. The monoisotopic (exact) mass is 528 g/mol. The summed E-state index contributed by atoms with van der Waals surface area (Å²) in [6.45, 7) is 2.60. The number of hydrogen-bond donors (Lipinski definition) is 1. The van der Waals surface area contributed by atoms with Crippen LogP contribution in [0.25, 0.3) is 10.9 Å². The maximum atomic E-state index is 13.4. The van der Waals surface area contributed by atoms with E-state index < -0.39 is 17.6 Å². The molecule has 1 N–H and O–H groups in total. The van der Waals surface area contributed by atoms with E-state index in [1.54, 1.807) is 7.11 Å². The lowest BCUT2D eigenvalue weighted by atomic mass is 9.80. The number of halogens is 2. The molecule has 198 valence electrons. The number of nitrogens with zero attached hydrogens (tertiary/aromatic N) is 2. The van der Waals surface area contributed by atoms with Crippen molar-refractivity contribution in [3.8, 4) is 5.75 Å². The third kappa shape index (κ3) is 7.89. The van der Waals surface area contributed by atoms with Crippen LogP contribution in [0.3, 0.4) is 0 Å². The van der Waals surface area contributed by atoms with Crippen molar-refractivity contribution < 1.29 is 23.4 Å². The van der Waals surface area contributed by atoms with Gasteiger partial charge in [-0.25, -0.2) is 8.78 Å². The number of rotatable bonds is 12. The first-order valence-corrected chi connectivity index (χ1v) is 13.8. The van der Waals surface area contributed by atoms with E-state index in [0.717, 1.165) is 80.2 Å². The number of aromatic nitrogens is 1. The molecule has 1 aromatic heterocycles. The van der Waals surface area contributed by atoms with Gasteiger partial charge in [0.15, 0.2) is 0 Å². The Hall–Kier alpha value is -2.71. The van der Waals surface area contributed by atoms with Gasteiger partial charge in [0.1, 0.15) is 17.4 Å². The number of carboxylic acids is 1. The highest BCUT2D eigenvalue weighted by Crippen LogP contribution is 2.32. The number of carboxylic acid groups (broad SMARTS) is 1. The summed E-state index contributed by atoms with van der Waals surface area (Å²) >= 11 is 1.45. The smallest absolute Gasteiger partial charge is 0.303 e. The summed E-state index contributed by atoms with van der Waals surface area (Å²) in [4.78, 5) is 19.0. The summed E-state index contributed by atoms with van der Waals surface area (Å²) in [6.07, 6.45) is 6.83. The van der Waals surface area contributed by atoms with Crippen molar-refractivity contribution in [1.82, 2.24) is 9.88 Å². The van der Waals surface area contributed by atoms with Crippen molar-refractivity contribution in [2.75, 3.05) is 32.5 Å². The number of thioether (sulfide) groups is 1. The molecule has 0 radical (unpaired) electrons. The summed E-state index contributed by atoms with van der Waals surface area (Å²) < 4.78 is 32.1. The molecule has 0 unspecified atom stereocenters. The lowest BCUT2D eigenvalue weighted by Crippen LogP contribution is -2.41. The standard InChI is InChI=1S/C29H34F2N2O3S/c1-36-25-6-7-28-27(18-25)21(8-10-32-28)5-2-4-20-9-12-33(19-22(20)14-29(34)35)11-3-13-37-26-16-23(30)15-24(31)17-26/h6-8,10,15-18,20,22H,2-5,9,11-14,19H2,1H3,(H,34,35)/t20-,22+/m1/s1.